The molecule has 0 fully saturated rings. The third-order valence-corrected chi connectivity index (χ3v) is 2.78. The first kappa shape index (κ1) is 15.3. The molecule has 22 heavy (non-hydrogen) atoms. The lowest BCUT2D eigenvalue weighted by molar-refractivity contribution is -0.131. The number of carbonyl (C=O) groups is 2. The molecule has 0 saturated carbocycles. The number of benzene rings is 2. The predicted molar refractivity (Wildman–Crippen MR) is 82.0 cm³/mol. The number of Topliss-reactive ketones (excluding diaryl/α,β-unsaturated/α-hetero) is 1. The molecule has 0 heterocycles. The standard InChI is InChI=1S/C18H14O4/c1-13(19)22-18-9-4-3-8-16(18)17(20)11-10-14-6-5-7-15(12-14)21-2/h3-9,12H,1-2H3. The Bertz CT molecular complexity index is 766. The fraction of sp³-hybridized carbons (Fsp3) is 0.111. The van der Waals surface area contributed by atoms with Gasteiger partial charge in [0.25, 0.3) is 0 Å². The lowest BCUT2D eigenvalue weighted by Crippen LogP contribution is -2.06. The number of hydrogen-bond donors (Lipinski definition) is 0. The monoisotopic (exact) mass is 294 g/mol. The molecule has 0 saturated heterocycles. The molecule has 0 aliphatic heterocycles. The van der Waals surface area contributed by atoms with Crippen molar-refractivity contribution in [2.45, 2.75) is 6.92 Å². The van der Waals surface area contributed by atoms with Crippen LogP contribution < -0.4 is 9.47 Å². The van der Waals surface area contributed by atoms with Gasteiger partial charge in [0.2, 0.25) is 5.78 Å². The minimum absolute atomic E-state index is 0.208. The molecular weight excluding hydrogens is 280 g/mol. The highest BCUT2D eigenvalue weighted by Gasteiger charge is 2.11. The molecule has 0 unspecified atom stereocenters. The molecule has 110 valence electrons. The summed E-state index contributed by atoms with van der Waals surface area (Å²) in [5.41, 5.74) is 0.922. The molecule has 4 nitrogen and oxygen atoms in total. The van der Waals surface area contributed by atoms with Gasteiger partial charge in [-0.15, -0.1) is 0 Å². The van der Waals surface area contributed by atoms with Crippen LogP contribution in [0.15, 0.2) is 48.5 Å². The second-order valence-corrected chi connectivity index (χ2v) is 4.40. The highest BCUT2D eigenvalue weighted by molar-refractivity contribution is 6.11. The summed E-state index contributed by atoms with van der Waals surface area (Å²) in [4.78, 5) is 23.2. The summed E-state index contributed by atoms with van der Waals surface area (Å²) < 4.78 is 10.1. The highest BCUT2D eigenvalue weighted by atomic mass is 16.5. The molecule has 0 bridgehead atoms. The van der Waals surface area contributed by atoms with Gasteiger partial charge in [0.05, 0.1) is 12.7 Å². The minimum Gasteiger partial charge on any atom is -0.497 e. The van der Waals surface area contributed by atoms with E-state index in [9.17, 15) is 9.59 Å². The van der Waals surface area contributed by atoms with Crippen molar-refractivity contribution < 1.29 is 19.1 Å². The summed E-state index contributed by atoms with van der Waals surface area (Å²) in [6.45, 7) is 1.28. The average molecular weight is 294 g/mol. The molecule has 0 aliphatic rings. The fourth-order valence-electron chi connectivity index (χ4n) is 1.80. The zero-order valence-electron chi connectivity index (χ0n) is 12.3. The Labute approximate surface area is 128 Å². The van der Waals surface area contributed by atoms with E-state index in [1.807, 2.05) is 0 Å². The second kappa shape index (κ2) is 7.09. The van der Waals surface area contributed by atoms with Crippen LogP contribution in [0.1, 0.15) is 22.8 Å². The van der Waals surface area contributed by atoms with Gasteiger partial charge >= 0.3 is 5.97 Å². The van der Waals surface area contributed by atoms with Crippen molar-refractivity contribution in [3.8, 4) is 23.3 Å². The van der Waals surface area contributed by atoms with Crippen molar-refractivity contribution in [1.82, 2.24) is 0 Å². The van der Waals surface area contributed by atoms with Crippen LogP contribution in [0.5, 0.6) is 11.5 Å². The molecule has 0 amide bonds. The van der Waals surface area contributed by atoms with E-state index >= 15 is 0 Å². The third-order valence-electron chi connectivity index (χ3n) is 2.78. The van der Waals surface area contributed by atoms with Gasteiger partial charge in [0, 0.05) is 12.5 Å². The van der Waals surface area contributed by atoms with Crippen molar-refractivity contribution in [2.24, 2.45) is 0 Å². The summed E-state index contributed by atoms with van der Waals surface area (Å²) in [5.74, 6) is 5.29. The predicted octanol–water partition coefficient (Wildman–Crippen LogP) is 2.85. The minimum atomic E-state index is -0.485. The molecule has 0 radical (unpaired) electrons. The van der Waals surface area contributed by atoms with Crippen molar-refractivity contribution in [3.63, 3.8) is 0 Å². The summed E-state index contributed by atoms with van der Waals surface area (Å²) in [5, 5.41) is 0. The topological polar surface area (TPSA) is 52.6 Å². The van der Waals surface area contributed by atoms with E-state index in [1.165, 1.54) is 6.92 Å². The van der Waals surface area contributed by atoms with E-state index < -0.39 is 11.8 Å². The van der Waals surface area contributed by atoms with Gasteiger partial charge in [-0.3, -0.25) is 9.59 Å². The Hall–Kier alpha value is -3.06. The number of esters is 1. The maximum atomic E-state index is 12.2. The summed E-state index contributed by atoms with van der Waals surface area (Å²) in [6.07, 6.45) is 0. The van der Waals surface area contributed by atoms with Gasteiger partial charge in [-0.2, -0.15) is 0 Å². The maximum Gasteiger partial charge on any atom is 0.308 e. The van der Waals surface area contributed by atoms with E-state index in [-0.39, 0.29) is 11.3 Å². The number of carbonyl (C=O) groups excluding carboxylic acids is 2. The second-order valence-electron chi connectivity index (χ2n) is 4.40. The smallest absolute Gasteiger partial charge is 0.308 e. The van der Waals surface area contributed by atoms with Crippen LogP contribution in [0, 0.1) is 11.8 Å². The quantitative estimate of drug-likeness (QED) is 0.378. The van der Waals surface area contributed by atoms with E-state index in [2.05, 4.69) is 11.8 Å². The lowest BCUT2D eigenvalue weighted by atomic mass is 10.1. The molecule has 2 aromatic carbocycles. The zero-order valence-corrected chi connectivity index (χ0v) is 12.3. The van der Waals surface area contributed by atoms with Crippen molar-refractivity contribution >= 4 is 11.8 Å². The molecule has 2 rings (SSSR count). The number of ether oxygens (including phenoxy) is 2. The molecule has 0 aromatic heterocycles. The van der Waals surface area contributed by atoms with Crippen LogP contribution in [-0.4, -0.2) is 18.9 Å². The number of hydrogen-bond acceptors (Lipinski definition) is 4. The Kier molecular flexibility index (Phi) is 4.94. The molecular formula is C18H14O4. The zero-order chi connectivity index (χ0) is 15.9. The molecule has 0 spiro atoms. The Morgan fingerprint density at radius 2 is 1.82 bits per heavy atom. The SMILES string of the molecule is COc1cccc(C#CC(=O)c2ccccc2OC(C)=O)c1. The van der Waals surface area contributed by atoms with Gasteiger partial charge in [-0.25, -0.2) is 0 Å². The van der Waals surface area contributed by atoms with E-state index in [4.69, 9.17) is 9.47 Å². The van der Waals surface area contributed by atoms with Crippen LogP contribution in [0.3, 0.4) is 0 Å². The fourth-order valence-corrected chi connectivity index (χ4v) is 1.80. The third kappa shape index (κ3) is 3.97. The van der Waals surface area contributed by atoms with E-state index in [0.717, 1.165) is 0 Å². The van der Waals surface area contributed by atoms with Crippen LogP contribution in [-0.2, 0) is 4.79 Å². The number of rotatable bonds is 3. The first-order chi connectivity index (χ1) is 10.6. The first-order valence-corrected chi connectivity index (χ1v) is 6.58. The molecule has 4 heteroatoms. The van der Waals surface area contributed by atoms with E-state index in [0.29, 0.717) is 11.3 Å². The molecule has 0 N–H and O–H groups in total. The van der Waals surface area contributed by atoms with Gasteiger partial charge in [-0.1, -0.05) is 24.1 Å². The molecule has 0 atom stereocenters. The highest BCUT2D eigenvalue weighted by Crippen LogP contribution is 2.18. The molecule has 0 aliphatic carbocycles. The normalized spacial score (nSPS) is 9.36. The van der Waals surface area contributed by atoms with Crippen molar-refractivity contribution in [1.29, 1.82) is 0 Å². The Morgan fingerprint density at radius 3 is 2.55 bits per heavy atom. The van der Waals surface area contributed by atoms with Crippen LogP contribution in [0.25, 0.3) is 0 Å². The summed E-state index contributed by atoms with van der Waals surface area (Å²) >= 11 is 0. The number of ketones is 1. The van der Waals surface area contributed by atoms with Gasteiger partial charge in [0.15, 0.2) is 0 Å². The summed E-state index contributed by atoms with van der Waals surface area (Å²) in [6, 6.07) is 13.6. The Morgan fingerprint density at radius 1 is 1.05 bits per heavy atom. The summed E-state index contributed by atoms with van der Waals surface area (Å²) in [7, 11) is 1.56. The average Bonchev–Trinajstić information content (AvgIpc) is 2.53. The lowest BCUT2D eigenvalue weighted by Gasteiger charge is -2.04. The van der Waals surface area contributed by atoms with Crippen LogP contribution in [0.2, 0.25) is 0 Å². The van der Waals surface area contributed by atoms with Crippen LogP contribution in [0.4, 0.5) is 0 Å². The maximum absolute atomic E-state index is 12.2. The van der Waals surface area contributed by atoms with Gasteiger partial charge < -0.3 is 9.47 Å². The van der Waals surface area contributed by atoms with Crippen molar-refractivity contribution in [2.75, 3.05) is 7.11 Å². The van der Waals surface area contributed by atoms with Gasteiger partial charge in [-0.05, 0) is 36.3 Å². The van der Waals surface area contributed by atoms with Crippen molar-refractivity contribution in [3.05, 3.63) is 59.7 Å². The first-order valence-electron chi connectivity index (χ1n) is 6.58. The van der Waals surface area contributed by atoms with E-state index in [1.54, 1.807) is 55.6 Å². The van der Waals surface area contributed by atoms with Gasteiger partial charge in [0.1, 0.15) is 11.5 Å². The Balaban J connectivity index is 2.26. The molecule has 2 aromatic rings. The number of methoxy groups -OCH3 is 1. The number of para-hydroxylation sites is 1. The largest absolute Gasteiger partial charge is 0.497 e. The van der Waals surface area contributed by atoms with Crippen LogP contribution >= 0.6 is 0 Å².